The van der Waals surface area contributed by atoms with Gasteiger partial charge < -0.3 is 10.1 Å². The molecule has 0 saturated carbocycles. The minimum Gasteiger partial charge on any atom is -0.367 e. The van der Waals surface area contributed by atoms with Gasteiger partial charge in [0.1, 0.15) is 0 Å². The summed E-state index contributed by atoms with van der Waals surface area (Å²) in [7, 11) is 0. The van der Waals surface area contributed by atoms with Crippen molar-refractivity contribution in [2.75, 3.05) is 6.54 Å². The SMILES string of the molecule is CCCNC(CC)c1cnn(C2CC(C)(C)OC2(C)C)c1. The quantitative estimate of drug-likeness (QED) is 0.866. The lowest BCUT2D eigenvalue weighted by molar-refractivity contribution is -0.0737. The molecule has 2 unspecified atom stereocenters. The maximum absolute atomic E-state index is 6.19. The molecule has 0 aromatic carbocycles. The van der Waals surface area contributed by atoms with E-state index in [0.29, 0.717) is 12.1 Å². The van der Waals surface area contributed by atoms with Gasteiger partial charge in [0.25, 0.3) is 0 Å². The Balaban J connectivity index is 2.16. The van der Waals surface area contributed by atoms with Crippen molar-refractivity contribution in [2.45, 2.75) is 84.1 Å². The van der Waals surface area contributed by atoms with E-state index in [2.05, 4.69) is 62.8 Å². The molecule has 120 valence electrons. The number of hydrogen-bond acceptors (Lipinski definition) is 3. The summed E-state index contributed by atoms with van der Waals surface area (Å²) in [5.74, 6) is 0. The third-order valence-electron chi connectivity index (χ3n) is 4.42. The van der Waals surface area contributed by atoms with Gasteiger partial charge in [-0.1, -0.05) is 13.8 Å². The van der Waals surface area contributed by atoms with Crippen LogP contribution in [0.25, 0.3) is 0 Å². The zero-order valence-corrected chi connectivity index (χ0v) is 14.4. The van der Waals surface area contributed by atoms with Gasteiger partial charge in [-0.05, 0) is 47.1 Å². The first-order valence-corrected chi connectivity index (χ1v) is 8.26. The number of rotatable bonds is 6. The molecule has 1 saturated heterocycles. The number of nitrogens with one attached hydrogen (secondary N) is 1. The highest BCUT2D eigenvalue weighted by Crippen LogP contribution is 2.44. The lowest BCUT2D eigenvalue weighted by atomic mass is 9.94. The van der Waals surface area contributed by atoms with E-state index in [9.17, 15) is 0 Å². The summed E-state index contributed by atoms with van der Waals surface area (Å²) in [5.41, 5.74) is 1.03. The molecule has 1 fully saturated rings. The van der Waals surface area contributed by atoms with Gasteiger partial charge in [0.2, 0.25) is 0 Å². The minimum absolute atomic E-state index is 0.0785. The molecule has 1 aromatic rings. The summed E-state index contributed by atoms with van der Waals surface area (Å²) >= 11 is 0. The first-order valence-electron chi connectivity index (χ1n) is 8.26. The Morgan fingerprint density at radius 3 is 2.62 bits per heavy atom. The molecule has 0 radical (unpaired) electrons. The summed E-state index contributed by atoms with van der Waals surface area (Å²) in [4.78, 5) is 0. The molecule has 4 heteroatoms. The van der Waals surface area contributed by atoms with Crippen LogP contribution in [0.3, 0.4) is 0 Å². The molecule has 2 heterocycles. The van der Waals surface area contributed by atoms with Crippen molar-refractivity contribution in [3.63, 3.8) is 0 Å². The predicted octanol–water partition coefficient (Wildman–Crippen LogP) is 3.85. The number of aromatic nitrogens is 2. The van der Waals surface area contributed by atoms with Crippen molar-refractivity contribution in [2.24, 2.45) is 0 Å². The van der Waals surface area contributed by atoms with Crippen molar-refractivity contribution in [1.29, 1.82) is 0 Å². The van der Waals surface area contributed by atoms with Crippen LogP contribution >= 0.6 is 0 Å². The molecular formula is C17H31N3O. The van der Waals surface area contributed by atoms with Gasteiger partial charge in [-0.25, -0.2) is 0 Å². The van der Waals surface area contributed by atoms with E-state index < -0.39 is 0 Å². The van der Waals surface area contributed by atoms with Gasteiger partial charge in [0.15, 0.2) is 0 Å². The molecule has 1 aliphatic heterocycles. The van der Waals surface area contributed by atoms with Crippen LogP contribution in [0.2, 0.25) is 0 Å². The maximum Gasteiger partial charge on any atom is 0.0857 e. The van der Waals surface area contributed by atoms with Crippen molar-refractivity contribution < 1.29 is 4.74 Å². The van der Waals surface area contributed by atoms with Crippen LogP contribution in [-0.2, 0) is 4.74 Å². The standard InChI is InChI=1S/C17H31N3O/c1-7-9-18-14(8-2)13-11-19-20(12-13)15-10-16(3,4)21-17(15,5)6/h11-12,14-15,18H,7-10H2,1-6H3. The van der Waals surface area contributed by atoms with E-state index in [1.165, 1.54) is 5.56 Å². The van der Waals surface area contributed by atoms with Crippen LogP contribution in [0.1, 0.15) is 78.5 Å². The van der Waals surface area contributed by atoms with E-state index in [1.807, 2.05) is 6.20 Å². The fourth-order valence-corrected chi connectivity index (χ4v) is 3.46. The van der Waals surface area contributed by atoms with Crippen molar-refractivity contribution in [3.05, 3.63) is 18.0 Å². The Hall–Kier alpha value is -0.870. The van der Waals surface area contributed by atoms with Crippen LogP contribution in [-0.4, -0.2) is 27.5 Å². The number of nitrogens with zero attached hydrogens (tertiary/aromatic N) is 2. The van der Waals surface area contributed by atoms with Crippen molar-refractivity contribution in [3.8, 4) is 0 Å². The fraction of sp³-hybridized carbons (Fsp3) is 0.824. The zero-order chi connectivity index (χ0) is 15.7. The first-order chi connectivity index (χ1) is 9.79. The molecule has 2 atom stereocenters. The molecule has 0 amide bonds. The second kappa shape index (κ2) is 6.09. The topological polar surface area (TPSA) is 39.1 Å². The van der Waals surface area contributed by atoms with Crippen molar-refractivity contribution >= 4 is 0 Å². The normalized spacial score (nSPS) is 25.1. The molecule has 4 nitrogen and oxygen atoms in total. The monoisotopic (exact) mass is 293 g/mol. The van der Waals surface area contributed by atoms with E-state index in [0.717, 1.165) is 25.8 Å². The Bertz CT molecular complexity index is 464. The van der Waals surface area contributed by atoms with Crippen LogP contribution < -0.4 is 5.32 Å². The van der Waals surface area contributed by atoms with E-state index in [4.69, 9.17) is 4.74 Å². The third-order valence-corrected chi connectivity index (χ3v) is 4.42. The highest BCUT2D eigenvalue weighted by atomic mass is 16.5. The molecule has 21 heavy (non-hydrogen) atoms. The highest BCUT2D eigenvalue weighted by molar-refractivity contribution is 5.12. The van der Waals surface area contributed by atoms with Gasteiger partial charge in [0.05, 0.1) is 23.4 Å². The second-order valence-corrected chi connectivity index (χ2v) is 7.35. The van der Waals surface area contributed by atoms with Gasteiger partial charge in [-0.15, -0.1) is 0 Å². The Kier molecular flexibility index (Phi) is 4.79. The lowest BCUT2D eigenvalue weighted by Crippen LogP contribution is -2.31. The van der Waals surface area contributed by atoms with Crippen LogP contribution in [0, 0.1) is 0 Å². The van der Waals surface area contributed by atoms with Gasteiger partial charge in [-0.2, -0.15) is 5.10 Å². The number of ether oxygens (including phenoxy) is 1. The Labute approximate surface area is 129 Å². The molecule has 1 aromatic heterocycles. The summed E-state index contributed by atoms with van der Waals surface area (Å²) in [6.45, 7) is 14.1. The zero-order valence-electron chi connectivity index (χ0n) is 14.4. The minimum atomic E-state index is -0.175. The van der Waals surface area contributed by atoms with Gasteiger partial charge >= 0.3 is 0 Å². The van der Waals surface area contributed by atoms with E-state index in [1.54, 1.807) is 0 Å². The maximum atomic E-state index is 6.19. The third kappa shape index (κ3) is 3.67. The molecule has 0 bridgehead atoms. The average Bonchev–Trinajstić information content (AvgIpc) is 2.92. The highest BCUT2D eigenvalue weighted by Gasteiger charge is 2.47. The van der Waals surface area contributed by atoms with Crippen molar-refractivity contribution in [1.82, 2.24) is 15.1 Å². The largest absolute Gasteiger partial charge is 0.367 e. The fourth-order valence-electron chi connectivity index (χ4n) is 3.46. The lowest BCUT2D eigenvalue weighted by Gasteiger charge is -2.27. The Morgan fingerprint density at radius 2 is 2.10 bits per heavy atom. The summed E-state index contributed by atoms with van der Waals surface area (Å²) in [6.07, 6.45) is 7.45. The number of hydrogen-bond donors (Lipinski definition) is 1. The summed E-state index contributed by atoms with van der Waals surface area (Å²) in [6, 6.07) is 0.696. The van der Waals surface area contributed by atoms with Crippen LogP contribution in [0.5, 0.6) is 0 Å². The molecule has 0 aliphatic carbocycles. The summed E-state index contributed by atoms with van der Waals surface area (Å²) in [5, 5.41) is 8.22. The van der Waals surface area contributed by atoms with Crippen LogP contribution in [0.15, 0.2) is 12.4 Å². The molecule has 2 rings (SSSR count). The average molecular weight is 293 g/mol. The van der Waals surface area contributed by atoms with Gasteiger partial charge in [-0.3, -0.25) is 4.68 Å². The molecule has 0 spiro atoms. The summed E-state index contributed by atoms with van der Waals surface area (Å²) < 4.78 is 8.30. The Morgan fingerprint density at radius 1 is 1.38 bits per heavy atom. The van der Waals surface area contributed by atoms with E-state index >= 15 is 0 Å². The van der Waals surface area contributed by atoms with E-state index in [-0.39, 0.29) is 11.2 Å². The molecule has 1 N–H and O–H groups in total. The molecular weight excluding hydrogens is 262 g/mol. The van der Waals surface area contributed by atoms with Crippen LogP contribution in [0.4, 0.5) is 0 Å². The second-order valence-electron chi connectivity index (χ2n) is 7.35. The first kappa shape index (κ1) is 16.5. The predicted molar refractivity (Wildman–Crippen MR) is 86.4 cm³/mol. The van der Waals surface area contributed by atoms with Gasteiger partial charge in [0, 0.05) is 24.2 Å². The smallest absolute Gasteiger partial charge is 0.0857 e. The molecule has 1 aliphatic rings.